The Morgan fingerprint density at radius 1 is 0.900 bits per heavy atom. The molecule has 1 fully saturated rings. The van der Waals surface area contributed by atoms with Crippen molar-refractivity contribution in [2.75, 3.05) is 33.3 Å². The monoisotopic (exact) mass is 402 g/mol. The summed E-state index contributed by atoms with van der Waals surface area (Å²) >= 11 is 0. The molecule has 3 aromatic rings. The minimum absolute atomic E-state index is 0.199. The van der Waals surface area contributed by atoms with E-state index in [0.29, 0.717) is 6.61 Å². The molecule has 3 aromatic carbocycles. The Morgan fingerprint density at radius 3 is 2.37 bits per heavy atom. The second-order valence-corrected chi connectivity index (χ2v) is 7.73. The van der Waals surface area contributed by atoms with E-state index in [4.69, 9.17) is 9.47 Å². The molecule has 30 heavy (non-hydrogen) atoms. The van der Waals surface area contributed by atoms with E-state index in [2.05, 4.69) is 65.7 Å². The molecule has 0 aliphatic carbocycles. The van der Waals surface area contributed by atoms with Gasteiger partial charge in [-0.3, -0.25) is 4.90 Å². The van der Waals surface area contributed by atoms with Gasteiger partial charge in [0.25, 0.3) is 0 Å². The first-order chi connectivity index (χ1) is 14.8. The fraction of sp³-hybridized carbons (Fsp3) is 0.308. The normalized spacial score (nSPS) is 15.5. The van der Waals surface area contributed by atoms with Crippen LogP contribution < -0.4 is 14.8 Å². The average molecular weight is 403 g/mol. The molecule has 0 saturated carbocycles. The Bertz CT molecular complexity index is 952. The number of hydrogen-bond acceptors (Lipinski definition) is 4. The van der Waals surface area contributed by atoms with Crippen LogP contribution in [0.25, 0.3) is 0 Å². The van der Waals surface area contributed by atoms with Gasteiger partial charge in [-0.05, 0) is 41.3 Å². The van der Waals surface area contributed by atoms with E-state index in [-0.39, 0.29) is 6.04 Å². The summed E-state index contributed by atoms with van der Waals surface area (Å²) in [4.78, 5) is 2.55. The third-order valence-electron chi connectivity index (χ3n) is 5.74. The Hall–Kier alpha value is -2.82. The number of aryl methyl sites for hydroxylation is 1. The van der Waals surface area contributed by atoms with Gasteiger partial charge in [0.15, 0.2) is 11.5 Å². The lowest BCUT2D eigenvalue weighted by Crippen LogP contribution is -2.45. The molecule has 0 aromatic heterocycles. The number of methoxy groups -OCH3 is 1. The standard InChI is InChI=1S/C26H30N2O2/c1-20-8-6-7-11-23(20)26(28-16-14-27-15-17-28)22-12-13-24(25(18-22)29-2)30-19-21-9-4-3-5-10-21/h3-13,18,26-27H,14-17,19H2,1-2H3. The molecular weight excluding hydrogens is 372 g/mol. The molecule has 4 rings (SSSR count). The summed E-state index contributed by atoms with van der Waals surface area (Å²) in [5.74, 6) is 1.55. The highest BCUT2D eigenvalue weighted by molar-refractivity contribution is 5.47. The van der Waals surface area contributed by atoms with Crippen molar-refractivity contribution in [3.05, 3.63) is 95.1 Å². The van der Waals surface area contributed by atoms with Crippen molar-refractivity contribution in [3.63, 3.8) is 0 Å². The lowest BCUT2D eigenvalue weighted by atomic mass is 9.93. The maximum Gasteiger partial charge on any atom is 0.161 e. The van der Waals surface area contributed by atoms with Crippen LogP contribution in [0.5, 0.6) is 11.5 Å². The Morgan fingerprint density at radius 2 is 1.63 bits per heavy atom. The summed E-state index contributed by atoms with van der Waals surface area (Å²) in [6.45, 7) is 6.78. The van der Waals surface area contributed by atoms with Gasteiger partial charge in [0.1, 0.15) is 6.61 Å². The summed E-state index contributed by atoms with van der Waals surface area (Å²) in [5.41, 5.74) is 5.03. The molecule has 0 radical (unpaired) electrons. The van der Waals surface area contributed by atoms with E-state index >= 15 is 0 Å². The summed E-state index contributed by atoms with van der Waals surface area (Å²) in [5, 5.41) is 3.46. The topological polar surface area (TPSA) is 33.7 Å². The molecule has 156 valence electrons. The van der Waals surface area contributed by atoms with Crippen molar-refractivity contribution >= 4 is 0 Å². The van der Waals surface area contributed by atoms with Gasteiger partial charge in [-0.2, -0.15) is 0 Å². The van der Waals surface area contributed by atoms with E-state index < -0.39 is 0 Å². The van der Waals surface area contributed by atoms with Gasteiger partial charge in [0, 0.05) is 26.2 Å². The average Bonchev–Trinajstić information content (AvgIpc) is 2.81. The Labute approximate surface area is 179 Å². The third-order valence-corrected chi connectivity index (χ3v) is 5.74. The molecular formula is C26H30N2O2. The van der Waals surface area contributed by atoms with Crippen LogP contribution in [0.4, 0.5) is 0 Å². The number of piperazine rings is 1. The highest BCUT2D eigenvalue weighted by Crippen LogP contribution is 2.36. The summed E-state index contributed by atoms with van der Waals surface area (Å²) in [7, 11) is 1.71. The molecule has 0 amide bonds. The number of nitrogens with one attached hydrogen (secondary N) is 1. The first-order valence-corrected chi connectivity index (χ1v) is 10.6. The van der Waals surface area contributed by atoms with Gasteiger partial charge in [0.05, 0.1) is 13.2 Å². The van der Waals surface area contributed by atoms with E-state index in [9.17, 15) is 0 Å². The number of ether oxygens (including phenoxy) is 2. The summed E-state index contributed by atoms with van der Waals surface area (Å²) in [6, 6.07) is 25.4. The van der Waals surface area contributed by atoms with Gasteiger partial charge in [-0.15, -0.1) is 0 Å². The summed E-state index contributed by atoms with van der Waals surface area (Å²) < 4.78 is 11.8. The first kappa shape index (κ1) is 20.5. The lowest BCUT2D eigenvalue weighted by molar-refractivity contribution is 0.197. The second kappa shape index (κ2) is 9.79. The Balaban J connectivity index is 1.64. The largest absolute Gasteiger partial charge is 0.493 e. The predicted molar refractivity (Wildman–Crippen MR) is 121 cm³/mol. The zero-order valence-electron chi connectivity index (χ0n) is 17.8. The van der Waals surface area contributed by atoms with Crippen LogP contribution in [0, 0.1) is 6.92 Å². The predicted octanol–water partition coefficient (Wildman–Crippen LogP) is 4.58. The van der Waals surface area contributed by atoms with Crippen LogP contribution in [0.1, 0.15) is 28.3 Å². The van der Waals surface area contributed by atoms with Gasteiger partial charge < -0.3 is 14.8 Å². The molecule has 1 unspecified atom stereocenters. The molecule has 0 spiro atoms. The van der Waals surface area contributed by atoms with Crippen LogP contribution in [0.2, 0.25) is 0 Å². The van der Waals surface area contributed by atoms with Gasteiger partial charge in [-0.1, -0.05) is 60.7 Å². The van der Waals surface area contributed by atoms with Crippen LogP contribution in [-0.4, -0.2) is 38.2 Å². The van der Waals surface area contributed by atoms with Crippen molar-refractivity contribution in [2.24, 2.45) is 0 Å². The van der Waals surface area contributed by atoms with E-state index in [0.717, 1.165) is 43.2 Å². The maximum absolute atomic E-state index is 6.08. The van der Waals surface area contributed by atoms with Crippen molar-refractivity contribution in [2.45, 2.75) is 19.6 Å². The van der Waals surface area contributed by atoms with Crippen LogP contribution in [-0.2, 0) is 6.61 Å². The van der Waals surface area contributed by atoms with E-state index in [1.54, 1.807) is 7.11 Å². The Kier molecular flexibility index (Phi) is 6.67. The summed E-state index contributed by atoms with van der Waals surface area (Å²) in [6.07, 6.45) is 0. The molecule has 0 bridgehead atoms. The minimum Gasteiger partial charge on any atom is -0.493 e. The number of rotatable bonds is 7. The van der Waals surface area contributed by atoms with Crippen molar-refractivity contribution in [1.29, 1.82) is 0 Å². The molecule has 1 aliphatic rings. The highest BCUT2D eigenvalue weighted by atomic mass is 16.5. The fourth-order valence-electron chi connectivity index (χ4n) is 4.13. The van der Waals surface area contributed by atoms with Crippen LogP contribution in [0.15, 0.2) is 72.8 Å². The van der Waals surface area contributed by atoms with E-state index in [1.165, 1.54) is 16.7 Å². The molecule has 1 atom stereocenters. The number of hydrogen-bond donors (Lipinski definition) is 1. The van der Waals surface area contributed by atoms with Crippen molar-refractivity contribution in [1.82, 2.24) is 10.2 Å². The third kappa shape index (κ3) is 4.66. The van der Waals surface area contributed by atoms with Crippen LogP contribution in [0.3, 0.4) is 0 Å². The molecule has 4 heteroatoms. The van der Waals surface area contributed by atoms with Crippen LogP contribution >= 0.6 is 0 Å². The number of nitrogens with zero attached hydrogens (tertiary/aromatic N) is 1. The second-order valence-electron chi connectivity index (χ2n) is 7.73. The SMILES string of the molecule is COc1cc(C(c2ccccc2C)N2CCNCC2)ccc1OCc1ccccc1. The molecule has 1 N–H and O–H groups in total. The molecule has 1 saturated heterocycles. The van der Waals surface area contributed by atoms with Gasteiger partial charge >= 0.3 is 0 Å². The van der Waals surface area contributed by atoms with Crippen molar-refractivity contribution in [3.8, 4) is 11.5 Å². The molecule has 1 heterocycles. The van der Waals surface area contributed by atoms with E-state index in [1.807, 2.05) is 24.3 Å². The quantitative estimate of drug-likeness (QED) is 0.627. The van der Waals surface area contributed by atoms with Crippen molar-refractivity contribution < 1.29 is 9.47 Å². The fourth-order valence-corrected chi connectivity index (χ4v) is 4.13. The maximum atomic E-state index is 6.08. The minimum atomic E-state index is 0.199. The van der Waals surface area contributed by atoms with Gasteiger partial charge in [-0.25, -0.2) is 0 Å². The first-order valence-electron chi connectivity index (χ1n) is 10.6. The molecule has 1 aliphatic heterocycles. The number of benzene rings is 3. The highest BCUT2D eigenvalue weighted by Gasteiger charge is 2.26. The smallest absolute Gasteiger partial charge is 0.161 e. The zero-order chi connectivity index (χ0) is 20.8. The zero-order valence-corrected chi connectivity index (χ0v) is 17.8. The lowest BCUT2D eigenvalue weighted by Gasteiger charge is -2.36. The molecule has 4 nitrogen and oxygen atoms in total. The van der Waals surface area contributed by atoms with Gasteiger partial charge in [0.2, 0.25) is 0 Å².